The highest BCUT2D eigenvalue weighted by atomic mass is 16.5. The Morgan fingerprint density at radius 2 is 1.59 bits per heavy atom. The molecule has 6 aliphatic rings. The first-order valence-corrected chi connectivity index (χ1v) is 24.1. The molecule has 0 aliphatic heterocycles. The maximum atomic E-state index is 14.1. The second-order valence-corrected chi connectivity index (χ2v) is 21.6. The van der Waals surface area contributed by atoms with Crippen molar-refractivity contribution in [3.63, 3.8) is 0 Å². The van der Waals surface area contributed by atoms with Gasteiger partial charge >= 0.3 is 11.9 Å². The first-order valence-electron chi connectivity index (χ1n) is 24.1. The van der Waals surface area contributed by atoms with Crippen molar-refractivity contribution in [3.8, 4) is 11.3 Å². The lowest BCUT2D eigenvalue weighted by Crippen LogP contribution is -2.59. The molecule has 0 bridgehead atoms. The SMILES string of the molecule is C=C(NC12CCC3C(CCC4C3CCC3C(C)C(OC(=O)C5CC(C(=O)OCc6ccccc6)C5C)CCC34C)C1=C(C(C)C)C(=O)C2)NC(C)(C)c1ncc(-c2ccccc2)[nH]1. The topological polar surface area (TPSA) is 122 Å². The molecule has 0 spiro atoms. The van der Waals surface area contributed by atoms with Crippen LogP contribution in [-0.2, 0) is 36.0 Å². The molecule has 3 aromatic rings. The summed E-state index contributed by atoms with van der Waals surface area (Å²) < 4.78 is 12.0. The summed E-state index contributed by atoms with van der Waals surface area (Å²) in [6.45, 7) is 20.3. The number of fused-ring (bicyclic) bond motifs is 7. The summed E-state index contributed by atoms with van der Waals surface area (Å²) in [6.07, 6.45) is 11.4. The van der Waals surface area contributed by atoms with Gasteiger partial charge in [0.1, 0.15) is 18.5 Å². The predicted octanol–water partition coefficient (Wildman–Crippen LogP) is 10.5. The van der Waals surface area contributed by atoms with Crippen molar-refractivity contribution >= 4 is 17.7 Å². The molecule has 3 N–H and O–H groups in total. The average Bonchev–Trinajstić information content (AvgIpc) is 3.87. The number of carbonyl (C=O) groups is 3. The smallest absolute Gasteiger partial charge is 0.309 e. The van der Waals surface area contributed by atoms with Crippen LogP contribution in [0, 0.1) is 64.6 Å². The second-order valence-electron chi connectivity index (χ2n) is 21.6. The number of aromatic nitrogens is 2. The number of imidazole rings is 1. The average molecular weight is 855 g/mol. The van der Waals surface area contributed by atoms with Crippen LogP contribution < -0.4 is 10.6 Å². The predicted molar refractivity (Wildman–Crippen MR) is 245 cm³/mol. The van der Waals surface area contributed by atoms with Gasteiger partial charge in [0.05, 0.1) is 40.6 Å². The first-order chi connectivity index (χ1) is 30.1. The van der Waals surface area contributed by atoms with E-state index in [9.17, 15) is 14.4 Å². The zero-order valence-corrected chi connectivity index (χ0v) is 38.7. The Bertz CT molecular complexity index is 2250. The highest BCUT2D eigenvalue weighted by Crippen LogP contribution is 2.66. The first kappa shape index (κ1) is 43.6. The van der Waals surface area contributed by atoms with E-state index in [2.05, 4.69) is 75.9 Å². The van der Waals surface area contributed by atoms with E-state index in [1.54, 1.807) is 0 Å². The number of allylic oxidation sites excluding steroid dienone is 1. The number of ketones is 1. The van der Waals surface area contributed by atoms with Gasteiger partial charge in [0.2, 0.25) is 0 Å². The standard InChI is InChI=1S/C54H70N4O5/c1-31(2)47-45(59)28-54(58-34(5)57-52(6,7)51-55-29-44(56-51)36-17-13-10-14-18-36)26-23-37-38-19-21-42-33(4)46(24-25-53(42,8)43(38)22-20-39(37)48(47)54)63-50(61)41-27-40(32(41)3)49(60)62-30-35-15-11-9-12-16-35/h9-18,29,31-33,37-43,46,57-58H,5,19-28,30H2,1-4,6-8H3,(H,55,56). The number of aromatic amines is 1. The zero-order valence-electron chi connectivity index (χ0n) is 38.7. The summed E-state index contributed by atoms with van der Waals surface area (Å²) in [5.41, 5.74) is 4.71. The van der Waals surface area contributed by atoms with E-state index in [1.165, 1.54) is 18.4 Å². The van der Waals surface area contributed by atoms with Crippen LogP contribution in [0.25, 0.3) is 11.3 Å². The number of nitrogens with one attached hydrogen (secondary N) is 3. The summed E-state index contributed by atoms with van der Waals surface area (Å²) in [6, 6.07) is 20.0. The van der Waals surface area contributed by atoms with Crippen LogP contribution in [0.15, 0.2) is 90.4 Å². The van der Waals surface area contributed by atoms with Crippen molar-refractivity contribution in [2.24, 2.45) is 64.6 Å². The van der Waals surface area contributed by atoms with Gasteiger partial charge in [0.15, 0.2) is 5.78 Å². The number of benzene rings is 2. The van der Waals surface area contributed by atoms with Gasteiger partial charge in [-0.15, -0.1) is 0 Å². The highest BCUT2D eigenvalue weighted by Gasteiger charge is 2.61. The number of nitrogens with zero attached hydrogens (tertiary/aromatic N) is 1. The third kappa shape index (κ3) is 7.77. The van der Waals surface area contributed by atoms with Crippen LogP contribution in [0.2, 0.25) is 0 Å². The van der Waals surface area contributed by atoms with Crippen LogP contribution in [0.4, 0.5) is 0 Å². The van der Waals surface area contributed by atoms with E-state index in [0.717, 1.165) is 72.6 Å². The Balaban J connectivity index is 0.844. The molecule has 5 saturated carbocycles. The molecule has 9 rings (SSSR count). The molecule has 0 saturated heterocycles. The lowest BCUT2D eigenvalue weighted by atomic mass is 9.43. The van der Waals surface area contributed by atoms with Gasteiger partial charge < -0.3 is 25.1 Å². The number of H-pyrrole nitrogens is 1. The molecule has 6 aliphatic carbocycles. The van der Waals surface area contributed by atoms with Crippen molar-refractivity contribution in [1.29, 1.82) is 0 Å². The van der Waals surface area contributed by atoms with Crippen molar-refractivity contribution < 1.29 is 23.9 Å². The number of hydrogen-bond donors (Lipinski definition) is 3. The van der Waals surface area contributed by atoms with E-state index in [-0.39, 0.29) is 59.7 Å². The Morgan fingerprint density at radius 3 is 2.30 bits per heavy atom. The highest BCUT2D eigenvalue weighted by molar-refractivity contribution is 6.01. The van der Waals surface area contributed by atoms with Gasteiger partial charge in [0.25, 0.3) is 0 Å². The third-order valence-electron chi connectivity index (χ3n) is 17.5. The van der Waals surface area contributed by atoms with Crippen molar-refractivity contribution in [3.05, 3.63) is 102 Å². The second kappa shape index (κ2) is 16.7. The number of esters is 2. The number of hydrogen-bond acceptors (Lipinski definition) is 8. The molecule has 12 unspecified atom stereocenters. The summed E-state index contributed by atoms with van der Waals surface area (Å²) in [4.78, 5) is 49.0. The molecule has 0 amide bonds. The number of ether oxygens (including phenoxy) is 2. The van der Waals surface area contributed by atoms with Gasteiger partial charge in [0, 0.05) is 6.42 Å². The van der Waals surface area contributed by atoms with Gasteiger partial charge in [-0.3, -0.25) is 14.4 Å². The largest absolute Gasteiger partial charge is 0.462 e. The molecule has 63 heavy (non-hydrogen) atoms. The van der Waals surface area contributed by atoms with Crippen LogP contribution in [0.5, 0.6) is 0 Å². The summed E-state index contributed by atoms with van der Waals surface area (Å²) >= 11 is 0. The van der Waals surface area contributed by atoms with E-state index >= 15 is 0 Å². The minimum absolute atomic E-state index is 0.0851. The molecule has 2 aromatic carbocycles. The van der Waals surface area contributed by atoms with Crippen LogP contribution in [-0.4, -0.2) is 39.3 Å². The Morgan fingerprint density at radius 1 is 0.889 bits per heavy atom. The number of Topliss-reactive ketones (excluding diaryl/α,β-unsaturated/α-hetero) is 1. The Kier molecular flexibility index (Phi) is 11.6. The summed E-state index contributed by atoms with van der Waals surface area (Å²) in [5, 5.41) is 7.58. The van der Waals surface area contributed by atoms with E-state index < -0.39 is 11.1 Å². The zero-order chi connectivity index (χ0) is 44.4. The van der Waals surface area contributed by atoms with Crippen molar-refractivity contribution in [2.75, 3.05) is 0 Å². The molecule has 5 fully saturated rings. The fraction of sp³-hybridized carbons (Fsp3) is 0.593. The van der Waals surface area contributed by atoms with E-state index in [1.807, 2.05) is 61.7 Å². The normalized spacial score (nSPS) is 34.8. The summed E-state index contributed by atoms with van der Waals surface area (Å²) in [7, 11) is 0. The van der Waals surface area contributed by atoms with E-state index in [4.69, 9.17) is 14.5 Å². The monoisotopic (exact) mass is 855 g/mol. The lowest BCUT2D eigenvalue weighted by Gasteiger charge is -2.63. The number of rotatable bonds is 12. The molecule has 9 nitrogen and oxygen atoms in total. The molecule has 336 valence electrons. The van der Waals surface area contributed by atoms with Gasteiger partial charge in [-0.2, -0.15) is 0 Å². The van der Waals surface area contributed by atoms with Crippen molar-refractivity contribution in [2.45, 2.75) is 136 Å². The molecule has 1 aromatic heterocycles. The molecule has 0 radical (unpaired) electrons. The fourth-order valence-electron chi connectivity index (χ4n) is 14.3. The van der Waals surface area contributed by atoms with Crippen LogP contribution in [0.1, 0.15) is 124 Å². The molecule has 1 heterocycles. The molecule has 9 heteroatoms. The molecular formula is C54H70N4O5. The lowest BCUT2D eigenvalue weighted by molar-refractivity contribution is -0.185. The third-order valence-corrected chi connectivity index (χ3v) is 17.5. The van der Waals surface area contributed by atoms with Gasteiger partial charge in [-0.05, 0) is 147 Å². The Labute approximate surface area is 375 Å². The Hall–Kier alpha value is -4.66. The number of carbonyl (C=O) groups excluding carboxylic acids is 3. The molecular weight excluding hydrogens is 785 g/mol. The fourth-order valence-corrected chi connectivity index (χ4v) is 14.3. The van der Waals surface area contributed by atoms with Crippen molar-refractivity contribution in [1.82, 2.24) is 20.6 Å². The van der Waals surface area contributed by atoms with E-state index in [0.29, 0.717) is 48.2 Å². The van der Waals surface area contributed by atoms with Crippen LogP contribution in [0.3, 0.4) is 0 Å². The minimum atomic E-state index is -0.532. The minimum Gasteiger partial charge on any atom is -0.462 e. The van der Waals surface area contributed by atoms with Gasteiger partial charge in [-0.25, -0.2) is 4.98 Å². The summed E-state index contributed by atoms with van der Waals surface area (Å²) in [5.74, 6) is 4.04. The van der Waals surface area contributed by atoms with Crippen LogP contribution >= 0.6 is 0 Å². The quantitative estimate of drug-likeness (QED) is 0.154. The van der Waals surface area contributed by atoms with Gasteiger partial charge in [-0.1, -0.05) is 102 Å². The maximum absolute atomic E-state index is 14.1. The molecule has 12 atom stereocenters. The maximum Gasteiger partial charge on any atom is 0.309 e.